The zero-order valence-corrected chi connectivity index (χ0v) is 23.5. The number of hydrogen-bond donors (Lipinski definition) is 3. The first-order chi connectivity index (χ1) is 18.9. The van der Waals surface area contributed by atoms with E-state index >= 15 is 0 Å². The minimum Gasteiger partial charge on any atom is -0.364 e. The summed E-state index contributed by atoms with van der Waals surface area (Å²) in [7, 11) is 2.11. The average Bonchev–Trinajstić information content (AvgIpc) is 3.35. The fourth-order valence-corrected chi connectivity index (χ4v) is 4.85. The van der Waals surface area contributed by atoms with Gasteiger partial charge in [0.25, 0.3) is 17.7 Å². The molecule has 0 saturated carbocycles. The molecule has 4 N–H and O–H groups in total. The lowest BCUT2D eigenvalue weighted by molar-refractivity contribution is 0.0873. The second kappa shape index (κ2) is 12.2. The third-order valence-corrected chi connectivity index (χ3v) is 7.08. The fraction of sp³-hybridized carbons (Fsp3) is 0.357. The van der Waals surface area contributed by atoms with Gasteiger partial charge in [-0.3, -0.25) is 19.0 Å². The van der Waals surface area contributed by atoms with Gasteiger partial charge in [-0.15, -0.1) is 0 Å². The summed E-state index contributed by atoms with van der Waals surface area (Å²) in [5, 5.41) is 5.59. The van der Waals surface area contributed by atoms with E-state index in [1.807, 2.05) is 0 Å². The summed E-state index contributed by atoms with van der Waals surface area (Å²) in [6.07, 6.45) is 1.36. The summed E-state index contributed by atoms with van der Waals surface area (Å²) in [6.45, 7) is 9.38. The number of likely N-dealkylation sites (N-methyl/N-ethyl adjacent to an activating group) is 1. The molecule has 212 valence electrons. The number of imidazole rings is 1. The van der Waals surface area contributed by atoms with Gasteiger partial charge in [0.15, 0.2) is 5.69 Å². The third-order valence-electron chi connectivity index (χ3n) is 6.77. The molecular formula is C28H33ClFN7O3. The smallest absolute Gasteiger partial charge is 0.272 e. The highest BCUT2D eigenvalue weighted by Crippen LogP contribution is 2.22. The SMILES string of the molecule is CN1CCN(CC(C)(C)CNC(=O)c2ncn(-c3ccc(NC(=O)c4ccc(F)cc4Cl)cc3)c2C(N)=O)CC1. The minimum atomic E-state index is -0.803. The summed E-state index contributed by atoms with van der Waals surface area (Å²) in [4.78, 5) is 46.8. The molecule has 40 heavy (non-hydrogen) atoms. The predicted octanol–water partition coefficient (Wildman–Crippen LogP) is 3.02. The van der Waals surface area contributed by atoms with Crippen LogP contribution in [0.2, 0.25) is 5.02 Å². The topological polar surface area (TPSA) is 126 Å². The number of amides is 3. The third kappa shape index (κ3) is 7.04. The number of primary amides is 1. The monoisotopic (exact) mass is 569 g/mol. The molecular weight excluding hydrogens is 537 g/mol. The van der Waals surface area contributed by atoms with E-state index in [1.54, 1.807) is 24.3 Å². The molecule has 1 aliphatic heterocycles. The van der Waals surface area contributed by atoms with Gasteiger partial charge in [0.2, 0.25) is 0 Å². The van der Waals surface area contributed by atoms with Gasteiger partial charge in [-0.05, 0) is 54.9 Å². The molecule has 12 heteroatoms. The van der Waals surface area contributed by atoms with Crippen LogP contribution in [0.1, 0.15) is 45.2 Å². The number of carbonyl (C=O) groups excluding carboxylic acids is 3. The first-order valence-electron chi connectivity index (χ1n) is 12.9. The molecule has 1 aromatic heterocycles. The number of nitrogens with two attached hydrogens (primary N) is 1. The van der Waals surface area contributed by atoms with E-state index < -0.39 is 23.5 Å². The number of aromatic nitrogens is 2. The van der Waals surface area contributed by atoms with Crippen molar-refractivity contribution in [1.82, 2.24) is 24.7 Å². The molecule has 3 amide bonds. The lowest BCUT2D eigenvalue weighted by atomic mass is 9.92. The Morgan fingerprint density at radius 3 is 2.35 bits per heavy atom. The fourth-order valence-electron chi connectivity index (χ4n) is 4.59. The van der Waals surface area contributed by atoms with Crippen LogP contribution in [0.5, 0.6) is 0 Å². The van der Waals surface area contributed by atoms with Crippen molar-refractivity contribution in [1.29, 1.82) is 0 Å². The molecule has 0 spiro atoms. The normalized spacial score (nSPS) is 14.6. The number of rotatable bonds is 9. The van der Waals surface area contributed by atoms with Gasteiger partial charge in [0.1, 0.15) is 17.8 Å². The van der Waals surface area contributed by atoms with E-state index in [0.29, 0.717) is 17.9 Å². The second-order valence-corrected chi connectivity index (χ2v) is 11.1. The predicted molar refractivity (Wildman–Crippen MR) is 151 cm³/mol. The van der Waals surface area contributed by atoms with E-state index in [0.717, 1.165) is 44.9 Å². The molecule has 0 atom stereocenters. The lowest BCUT2D eigenvalue weighted by Crippen LogP contribution is -2.49. The first-order valence-corrected chi connectivity index (χ1v) is 13.2. The zero-order valence-electron chi connectivity index (χ0n) is 22.7. The van der Waals surface area contributed by atoms with Crippen molar-refractivity contribution in [3.63, 3.8) is 0 Å². The van der Waals surface area contributed by atoms with Crippen LogP contribution in [0.3, 0.4) is 0 Å². The maximum atomic E-state index is 13.3. The van der Waals surface area contributed by atoms with Gasteiger partial charge in [0, 0.05) is 50.6 Å². The number of anilines is 1. The average molecular weight is 570 g/mol. The van der Waals surface area contributed by atoms with E-state index in [1.165, 1.54) is 17.0 Å². The Morgan fingerprint density at radius 1 is 1.05 bits per heavy atom. The Balaban J connectivity index is 1.43. The van der Waals surface area contributed by atoms with Crippen molar-refractivity contribution in [3.8, 4) is 5.69 Å². The molecule has 4 rings (SSSR count). The van der Waals surface area contributed by atoms with Gasteiger partial charge < -0.3 is 26.2 Å². The van der Waals surface area contributed by atoms with Crippen molar-refractivity contribution < 1.29 is 18.8 Å². The number of carbonyl (C=O) groups is 3. The highest BCUT2D eigenvalue weighted by Gasteiger charge is 2.27. The van der Waals surface area contributed by atoms with Crippen molar-refractivity contribution in [2.45, 2.75) is 13.8 Å². The largest absolute Gasteiger partial charge is 0.364 e. The van der Waals surface area contributed by atoms with Gasteiger partial charge >= 0.3 is 0 Å². The Morgan fingerprint density at radius 2 is 1.73 bits per heavy atom. The van der Waals surface area contributed by atoms with Gasteiger partial charge in [-0.25, -0.2) is 9.37 Å². The summed E-state index contributed by atoms with van der Waals surface area (Å²) in [5.41, 5.74) is 6.41. The van der Waals surface area contributed by atoms with Gasteiger partial charge in [-0.1, -0.05) is 25.4 Å². The summed E-state index contributed by atoms with van der Waals surface area (Å²) < 4.78 is 14.7. The van der Waals surface area contributed by atoms with Crippen molar-refractivity contribution in [2.75, 3.05) is 51.6 Å². The van der Waals surface area contributed by atoms with Crippen LogP contribution < -0.4 is 16.4 Å². The van der Waals surface area contributed by atoms with Crippen molar-refractivity contribution in [3.05, 3.63) is 76.6 Å². The molecule has 10 nitrogen and oxygen atoms in total. The molecule has 2 aromatic carbocycles. The van der Waals surface area contributed by atoms with Crippen molar-refractivity contribution in [2.24, 2.45) is 11.1 Å². The number of piperazine rings is 1. The number of halogens is 2. The second-order valence-electron chi connectivity index (χ2n) is 10.7. The molecule has 0 bridgehead atoms. The molecule has 0 radical (unpaired) electrons. The molecule has 0 unspecified atom stereocenters. The van der Waals surface area contributed by atoms with Crippen LogP contribution in [0.4, 0.5) is 10.1 Å². The lowest BCUT2D eigenvalue weighted by Gasteiger charge is -2.37. The van der Waals surface area contributed by atoms with Gasteiger partial charge in [0.05, 0.1) is 10.6 Å². The first kappa shape index (κ1) is 29.2. The maximum absolute atomic E-state index is 13.3. The highest BCUT2D eigenvalue weighted by atomic mass is 35.5. The Kier molecular flexibility index (Phi) is 8.87. The quantitative estimate of drug-likeness (QED) is 0.364. The molecule has 3 aromatic rings. The number of nitrogens with one attached hydrogen (secondary N) is 2. The van der Waals surface area contributed by atoms with E-state index in [2.05, 4.69) is 46.3 Å². The van der Waals surface area contributed by atoms with E-state index in [9.17, 15) is 18.8 Å². The number of benzene rings is 2. The summed E-state index contributed by atoms with van der Waals surface area (Å²) >= 11 is 5.98. The molecule has 1 aliphatic rings. The van der Waals surface area contributed by atoms with Crippen LogP contribution in [-0.4, -0.2) is 83.4 Å². The number of hydrogen-bond acceptors (Lipinski definition) is 6. The summed E-state index contributed by atoms with van der Waals surface area (Å²) in [6, 6.07) is 9.99. The van der Waals surface area contributed by atoms with E-state index in [-0.39, 0.29) is 27.4 Å². The molecule has 1 saturated heterocycles. The molecule has 2 heterocycles. The zero-order chi connectivity index (χ0) is 29.0. The van der Waals surface area contributed by atoms with Crippen LogP contribution in [0, 0.1) is 11.2 Å². The van der Waals surface area contributed by atoms with Crippen LogP contribution in [0.25, 0.3) is 5.69 Å². The summed E-state index contributed by atoms with van der Waals surface area (Å²) in [5.74, 6) is -2.34. The molecule has 0 aliphatic carbocycles. The van der Waals surface area contributed by atoms with E-state index in [4.69, 9.17) is 17.3 Å². The maximum Gasteiger partial charge on any atom is 0.272 e. The Hall–Kier alpha value is -3.80. The highest BCUT2D eigenvalue weighted by molar-refractivity contribution is 6.34. The van der Waals surface area contributed by atoms with Crippen molar-refractivity contribution >= 4 is 35.0 Å². The van der Waals surface area contributed by atoms with Crippen LogP contribution in [-0.2, 0) is 0 Å². The minimum absolute atomic E-state index is 0.00726. The van der Waals surface area contributed by atoms with Crippen LogP contribution >= 0.6 is 11.6 Å². The Labute approximate surface area is 237 Å². The standard InChI is InChI=1S/C28H33ClFN7O3/c1-28(2,16-36-12-10-35(3)11-13-36)15-32-27(40)23-24(25(31)38)37(17-33-23)20-7-5-19(6-8-20)34-26(39)21-9-4-18(30)14-22(21)29/h4-9,14,17H,10-13,15-16H2,1-3H3,(H2,31,38)(H,32,40)(H,34,39). The van der Waals surface area contributed by atoms with Crippen LogP contribution in [0.15, 0.2) is 48.8 Å². The number of nitrogens with zero attached hydrogens (tertiary/aromatic N) is 4. The molecule has 1 fully saturated rings. The Bertz CT molecular complexity index is 1400. The van der Waals surface area contributed by atoms with Gasteiger partial charge in [-0.2, -0.15) is 0 Å².